The van der Waals surface area contributed by atoms with Crippen LogP contribution in [0, 0.1) is 0 Å². The molecule has 2 atom stereocenters. The van der Waals surface area contributed by atoms with Gasteiger partial charge in [0, 0.05) is 39.0 Å². The molecular formula is C19H32IN5O2. The van der Waals surface area contributed by atoms with Crippen LogP contribution in [0.4, 0.5) is 5.82 Å². The lowest BCUT2D eigenvalue weighted by Crippen LogP contribution is -2.41. The lowest BCUT2D eigenvalue weighted by atomic mass is 10.2. The molecular weight excluding hydrogens is 457 g/mol. The molecule has 1 aromatic heterocycles. The molecule has 2 aliphatic heterocycles. The van der Waals surface area contributed by atoms with E-state index in [0.29, 0.717) is 12.6 Å². The Hall–Kier alpha value is -1.13. The summed E-state index contributed by atoms with van der Waals surface area (Å²) in [7, 11) is 0. The highest BCUT2D eigenvalue weighted by Crippen LogP contribution is 2.16. The van der Waals surface area contributed by atoms with Crippen molar-refractivity contribution in [3.63, 3.8) is 0 Å². The number of halogens is 1. The third kappa shape index (κ3) is 7.08. The highest BCUT2D eigenvalue weighted by atomic mass is 127. The van der Waals surface area contributed by atoms with Crippen LogP contribution in [-0.4, -0.2) is 62.5 Å². The summed E-state index contributed by atoms with van der Waals surface area (Å²) in [4.78, 5) is 11.5. The molecule has 0 saturated carbocycles. The van der Waals surface area contributed by atoms with Crippen LogP contribution in [0.3, 0.4) is 0 Å². The minimum Gasteiger partial charge on any atom is -0.376 e. The predicted octanol–water partition coefficient (Wildman–Crippen LogP) is 2.16. The minimum absolute atomic E-state index is 0. The number of aromatic nitrogens is 1. The first-order chi connectivity index (χ1) is 12.7. The van der Waals surface area contributed by atoms with E-state index in [0.717, 1.165) is 69.6 Å². The van der Waals surface area contributed by atoms with Gasteiger partial charge in [-0.25, -0.2) is 9.98 Å². The van der Waals surface area contributed by atoms with Gasteiger partial charge in [-0.2, -0.15) is 0 Å². The quantitative estimate of drug-likeness (QED) is 0.363. The van der Waals surface area contributed by atoms with E-state index in [-0.39, 0.29) is 30.1 Å². The maximum atomic E-state index is 5.65. The van der Waals surface area contributed by atoms with E-state index in [9.17, 15) is 0 Å². The van der Waals surface area contributed by atoms with Crippen molar-refractivity contribution in [1.29, 1.82) is 0 Å². The Morgan fingerprint density at radius 3 is 2.85 bits per heavy atom. The van der Waals surface area contributed by atoms with Crippen molar-refractivity contribution in [2.75, 3.05) is 44.3 Å². The SMILES string of the molecule is CCNC(=NCc1ccc(N2CCOC(C)C2)nc1)NCC1CCCO1.I. The van der Waals surface area contributed by atoms with E-state index in [1.54, 1.807) is 0 Å². The number of anilines is 1. The van der Waals surface area contributed by atoms with E-state index >= 15 is 0 Å². The lowest BCUT2D eigenvalue weighted by Gasteiger charge is -2.32. The maximum Gasteiger partial charge on any atom is 0.191 e. The number of ether oxygens (including phenoxy) is 2. The predicted molar refractivity (Wildman–Crippen MR) is 119 cm³/mol. The van der Waals surface area contributed by atoms with Crippen LogP contribution < -0.4 is 15.5 Å². The molecule has 0 amide bonds. The number of rotatable bonds is 6. The number of nitrogens with zero attached hydrogens (tertiary/aromatic N) is 3. The molecule has 27 heavy (non-hydrogen) atoms. The largest absolute Gasteiger partial charge is 0.376 e. The molecule has 3 heterocycles. The van der Waals surface area contributed by atoms with Crippen molar-refractivity contribution in [3.8, 4) is 0 Å². The smallest absolute Gasteiger partial charge is 0.191 e. The number of aliphatic imine (C=N–C) groups is 1. The Bertz CT molecular complexity index is 578. The summed E-state index contributed by atoms with van der Waals surface area (Å²) >= 11 is 0. The number of nitrogens with one attached hydrogen (secondary N) is 2. The second-order valence-electron chi connectivity index (χ2n) is 6.86. The van der Waals surface area contributed by atoms with E-state index < -0.39 is 0 Å². The van der Waals surface area contributed by atoms with E-state index in [2.05, 4.69) is 51.5 Å². The monoisotopic (exact) mass is 489 g/mol. The second kappa shape index (κ2) is 11.7. The van der Waals surface area contributed by atoms with Crippen molar-refractivity contribution in [2.24, 2.45) is 4.99 Å². The molecule has 8 heteroatoms. The third-order valence-corrected chi connectivity index (χ3v) is 4.66. The fourth-order valence-corrected chi connectivity index (χ4v) is 3.25. The standard InChI is InChI=1S/C19H31N5O2.HI/c1-3-20-19(23-13-17-5-4-9-26-17)22-12-16-6-7-18(21-11-16)24-8-10-25-15(2)14-24;/h6-7,11,15,17H,3-5,8-10,12-14H2,1-2H3,(H2,20,22,23);1H. The first-order valence-electron chi connectivity index (χ1n) is 9.70. The summed E-state index contributed by atoms with van der Waals surface area (Å²) < 4.78 is 11.2. The van der Waals surface area contributed by atoms with Gasteiger partial charge in [0.25, 0.3) is 0 Å². The van der Waals surface area contributed by atoms with E-state index in [4.69, 9.17) is 9.47 Å². The second-order valence-corrected chi connectivity index (χ2v) is 6.86. The van der Waals surface area contributed by atoms with Crippen molar-refractivity contribution >= 4 is 35.8 Å². The summed E-state index contributed by atoms with van der Waals surface area (Å²) in [6.45, 7) is 9.84. The molecule has 2 saturated heterocycles. The number of guanidine groups is 1. The number of hydrogen-bond acceptors (Lipinski definition) is 5. The molecule has 2 aliphatic rings. The Morgan fingerprint density at radius 1 is 1.30 bits per heavy atom. The highest BCUT2D eigenvalue weighted by Gasteiger charge is 2.18. The zero-order valence-electron chi connectivity index (χ0n) is 16.3. The zero-order chi connectivity index (χ0) is 18.2. The first-order valence-corrected chi connectivity index (χ1v) is 9.70. The molecule has 2 unspecified atom stereocenters. The summed E-state index contributed by atoms with van der Waals surface area (Å²) in [5.41, 5.74) is 1.10. The Kier molecular flexibility index (Phi) is 9.57. The third-order valence-electron chi connectivity index (χ3n) is 4.66. The summed E-state index contributed by atoms with van der Waals surface area (Å²) in [5, 5.41) is 6.66. The molecule has 0 spiro atoms. The normalized spacial score (nSPS) is 23.0. The molecule has 152 valence electrons. The molecule has 7 nitrogen and oxygen atoms in total. The average molecular weight is 489 g/mol. The highest BCUT2D eigenvalue weighted by molar-refractivity contribution is 14.0. The van der Waals surface area contributed by atoms with Gasteiger partial charge >= 0.3 is 0 Å². The van der Waals surface area contributed by atoms with E-state index in [1.807, 2.05) is 6.20 Å². The molecule has 2 N–H and O–H groups in total. The van der Waals surface area contributed by atoms with Gasteiger partial charge in [-0.15, -0.1) is 24.0 Å². The van der Waals surface area contributed by atoms with Crippen molar-refractivity contribution in [1.82, 2.24) is 15.6 Å². The van der Waals surface area contributed by atoms with Crippen LogP contribution in [-0.2, 0) is 16.0 Å². The molecule has 2 fully saturated rings. The zero-order valence-corrected chi connectivity index (χ0v) is 18.6. The number of pyridine rings is 1. The van der Waals surface area contributed by atoms with Crippen LogP contribution in [0.5, 0.6) is 0 Å². The molecule has 0 aliphatic carbocycles. The number of morpholine rings is 1. The average Bonchev–Trinajstić information content (AvgIpc) is 3.18. The first kappa shape index (κ1) is 22.2. The van der Waals surface area contributed by atoms with Gasteiger partial charge in [-0.1, -0.05) is 6.07 Å². The maximum absolute atomic E-state index is 5.65. The Balaban J connectivity index is 0.00000261. The fourth-order valence-electron chi connectivity index (χ4n) is 3.25. The number of hydrogen-bond donors (Lipinski definition) is 2. The van der Waals surface area contributed by atoms with E-state index in [1.165, 1.54) is 0 Å². The van der Waals surface area contributed by atoms with Gasteiger partial charge in [0.05, 0.1) is 25.4 Å². The van der Waals surface area contributed by atoms with Gasteiger partial charge in [0.1, 0.15) is 5.82 Å². The van der Waals surface area contributed by atoms with Crippen molar-refractivity contribution in [2.45, 2.75) is 45.4 Å². The van der Waals surface area contributed by atoms with Gasteiger partial charge in [-0.3, -0.25) is 0 Å². The molecule has 1 aromatic rings. The minimum atomic E-state index is 0. The van der Waals surface area contributed by atoms with Crippen LogP contribution in [0.2, 0.25) is 0 Å². The lowest BCUT2D eigenvalue weighted by molar-refractivity contribution is 0.0529. The summed E-state index contributed by atoms with van der Waals surface area (Å²) in [5.74, 6) is 1.84. The van der Waals surface area contributed by atoms with Crippen molar-refractivity contribution in [3.05, 3.63) is 23.9 Å². The Labute approximate surface area is 179 Å². The van der Waals surface area contributed by atoms with Gasteiger partial charge in [0.2, 0.25) is 0 Å². The Morgan fingerprint density at radius 2 is 2.19 bits per heavy atom. The molecule has 0 aromatic carbocycles. The summed E-state index contributed by atoms with van der Waals surface area (Å²) in [6, 6.07) is 4.19. The summed E-state index contributed by atoms with van der Waals surface area (Å²) in [6.07, 6.45) is 4.75. The van der Waals surface area contributed by atoms with Gasteiger partial charge < -0.3 is 25.0 Å². The fraction of sp³-hybridized carbons (Fsp3) is 0.684. The van der Waals surface area contributed by atoms with Crippen LogP contribution in [0.1, 0.15) is 32.3 Å². The van der Waals surface area contributed by atoms with Gasteiger partial charge in [0.15, 0.2) is 5.96 Å². The van der Waals surface area contributed by atoms with Crippen LogP contribution >= 0.6 is 24.0 Å². The van der Waals surface area contributed by atoms with Crippen LogP contribution in [0.15, 0.2) is 23.3 Å². The topological polar surface area (TPSA) is 71.0 Å². The van der Waals surface area contributed by atoms with Gasteiger partial charge in [-0.05, 0) is 38.3 Å². The van der Waals surface area contributed by atoms with Crippen molar-refractivity contribution < 1.29 is 9.47 Å². The molecule has 0 bridgehead atoms. The van der Waals surface area contributed by atoms with Crippen LogP contribution in [0.25, 0.3) is 0 Å². The molecule has 0 radical (unpaired) electrons. The molecule has 3 rings (SSSR count).